The minimum absolute atomic E-state index is 0.0288. The van der Waals surface area contributed by atoms with Crippen molar-refractivity contribution in [3.63, 3.8) is 0 Å². The van der Waals surface area contributed by atoms with Crippen LogP contribution >= 0.6 is 0 Å². The molecule has 1 aliphatic rings. The Hall–Kier alpha value is -1.38. The second-order valence-corrected chi connectivity index (χ2v) is 4.54. The Balaban J connectivity index is 2.25. The number of halogens is 1. The third-order valence-corrected chi connectivity index (χ3v) is 3.40. The van der Waals surface area contributed by atoms with Crippen molar-refractivity contribution in [2.24, 2.45) is 5.92 Å². The summed E-state index contributed by atoms with van der Waals surface area (Å²) in [6.07, 6.45) is 5.21. The first kappa shape index (κ1) is 12.1. The molecule has 1 saturated carbocycles. The molecule has 2 rings (SSSR count). The quantitative estimate of drug-likeness (QED) is 0.749. The molecule has 0 unspecified atom stereocenters. The van der Waals surface area contributed by atoms with Gasteiger partial charge in [-0.05, 0) is 31.0 Å². The fourth-order valence-corrected chi connectivity index (χ4v) is 2.46. The summed E-state index contributed by atoms with van der Waals surface area (Å²) in [6, 6.07) is 4.12. The number of methoxy groups -OCH3 is 1. The van der Waals surface area contributed by atoms with Crippen molar-refractivity contribution in [1.82, 2.24) is 0 Å². The average Bonchev–Trinajstić information content (AvgIpc) is 2.39. The Kier molecular flexibility index (Phi) is 3.77. The highest BCUT2D eigenvalue weighted by atomic mass is 19.1. The van der Waals surface area contributed by atoms with Gasteiger partial charge in [0.1, 0.15) is 11.6 Å². The number of rotatable bonds is 3. The Labute approximate surface area is 101 Å². The van der Waals surface area contributed by atoms with Gasteiger partial charge in [0.15, 0.2) is 5.78 Å². The van der Waals surface area contributed by atoms with E-state index >= 15 is 0 Å². The van der Waals surface area contributed by atoms with Crippen LogP contribution in [-0.4, -0.2) is 12.9 Å². The van der Waals surface area contributed by atoms with Gasteiger partial charge in [-0.25, -0.2) is 4.39 Å². The number of hydrogen-bond acceptors (Lipinski definition) is 2. The van der Waals surface area contributed by atoms with Crippen LogP contribution in [-0.2, 0) is 0 Å². The molecule has 0 N–H and O–H groups in total. The summed E-state index contributed by atoms with van der Waals surface area (Å²) in [4.78, 5) is 12.3. The van der Waals surface area contributed by atoms with Crippen molar-refractivity contribution >= 4 is 5.78 Å². The highest BCUT2D eigenvalue weighted by Crippen LogP contribution is 2.30. The molecule has 0 radical (unpaired) electrons. The maximum Gasteiger partial charge on any atom is 0.169 e. The topological polar surface area (TPSA) is 26.3 Å². The van der Waals surface area contributed by atoms with Gasteiger partial charge >= 0.3 is 0 Å². The predicted octanol–water partition coefficient (Wildman–Crippen LogP) is 3.60. The highest BCUT2D eigenvalue weighted by Gasteiger charge is 2.24. The van der Waals surface area contributed by atoms with Crippen molar-refractivity contribution < 1.29 is 13.9 Å². The molecule has 2 nitrogen and oxygen atoms in total. The van der Waals surface area contributed by atoms with Gasteiger partial charge in [0.2, 0.25) is 0 Å². The van der Waals surface area contributed by atoms with Gasteiger partial charge in [0.25, 0.3) is 0 Å². The molecule has 0 heterocycles. The van der Waals surface area contributed by atoms with Gasteiger partial charge in [0.05, 0.1) is 12.7 Å². The summed E-state index contributed by atoms with van der Waals surface area (Å²) in [7, 11) is 1.50. The lowest BCUT2D eigenvalue weighted by Gasteiger charge is -2.21. The number of carbonyl (C=O) groups excluding carboxylic acids is 1. The minimum Gasteiger partial charge on any atom is -0.496 e. The standard InChI is InChI=1S/C14H17FO2/c1-17-13-8-7-11(15)9-12(13)14(16)10-5-3-2-4-6-10/h7-10H,2-6H2,1H3. The van der Waals surface area contributed by atoms with Gasteiger partial charge in [-0.3, -0.25) is 4.79 Å². The number of benzene rings is 1. The largest absolute Gasteiger partial charge is 0.496 e. The van der Waals surface area contributed by atoms with Crippen molar-refractivity contribution in [2.45, 2.75) is 32.1 Å². The molecule has 0 atom stereocenters. The van der Waals surface area contributed by atoms with Crippen molar-refractivity contribution in [3.05, 3.63) is 29.6 Å². The molecule has 17 heavy (non-hydrogen) atoms. The van der Waals surface area contributed by atoms with E-state index in [0.29, 0.717) is 11.3 Å². The van der Waals surface area contributed by atoms with Crippen LogP contribution in [0, 0.1) is 11.7 Å². The Morgan fingerprint density at radius 3 is 2.65 bits per heavy atom. The highest BCUT2D eigenvalue weighted by molar-refractivity contribution is 6.00. The first-order valence-electron chi connectivity index (χ1n) is 6.10. The van der Waals surface area contributed by atoms with E-state index in [2.05, 4.69) is 0 Å². The van der Waals surface area contributed by atoms with Crippen molar-refractivity contribution in [3.8, 4) is 5.75 Å². The molecule has 0 bridgehead atoms. The summed E-state index contributed by atoms with van der Waals surface area (Å²) < 4.78 is 18.3. The molecule has 0 aromatic heterocycles. The van der Waals surface area contributed by atoms with Crippen LogP contribution in [0.15, 0.2) is 18.2 Å². The molecular weight excluding hydrogens is 219 g/mol. The molecule has 0 saturated heterocycles. The first-order valence-corrected chi connectivity index (χ1v) is 6.10. The molecule has 1 aliphatic carbocycles. The Bertz CT molecular complexity index is 409. The lowest BCUT2D eigenvalue weighted by Crippen LogP contribution is -2.18. The number of ketones is 1. The number of ether oxygens (including phenoxy) is 1. The van der Waals surface area contributed by atoms with Crippen LogP contribution in [0.4, 0.5) is 4.39 Å². The van der Waals surface area contributed by atoms with Crippen molar-refractivity contribution in [1.29, 1.82) is 0 Å². The van der Waals surface area contributed by atoms with E-state index in [1.54, 1.807) is 0 Å². The van der Waals surface area contributed by atoms with E-state index in [4.69, 9.17) is 4.74 Å². The zero-order valence-electron chi connectivity index (χ0n) is 10.0. The lowest BCUT2D eigenvalue weighted by atomic mass is 9.83. The summed E-state index contributed by atoms with van der Waals surface area (Å²) in [5.74, 6) is 0.160. The second kappa shape index (κ2) is 5.30. The predicted molar refractivity (Wildman–Crippen MR) is 63.9 cm³/mol. The number of Topliss-reactive ketones (excluding diaryl/α,β-unsaturated/α-hetero) is 1. The molecule has 92 valence electrons. The fraction of sp³-hybridized carbons (Fsp3) is 0.500. The lowest BCUT2D eigenvalue weighted by molar-refractivity contribution is 0.0886. The van der Waals surface area contributed by atoms with Crippen LogP contribution in [0.25, 0.3) is 0 Å². The maximum absolute atomic E-state index is 13.2. The van der Waals surface area contributed by atoms with E-state index < -0.39 is 0 Å². The van der Waals surface area contributed by atoms with Crippen LogP contribution in [0.2, 0.25) is 0 Å². The van der Waals surface area contributed by atoms with Gasteiger partial charge in [-0.15, -0.1) is 0 Å². The van der Waals surface area contributed by atoms with Crippen LogP contribution in [0.3, 0.4) is 0 Å². The Morgan fingerprint density at radius 2 is 2.00 bits per heavy atom. The third-order valence-electron chi connectivity index (χ3n) is 3.40. The molecule has 0 amide bonds. The van der Waals surface area contributed by atoms with Crippen LogP contribution in [0.1, 0.15) is 42.5 Å². The monoisotopic (exact) mass is 236 g/mol. The van der Waals surface area contributed by atoms with E-state index in [0.717, 1.165) is 25.7 Å². The third kappa shape index (κ3) is 2.65. The van der Waals surface area contributed by atoms with E-state index in [-0.39, 0.29) is 17.5 Å². The first-order chi connectivity index (χ1) is 8.22. The minimum atomic E-state index is -0.384. The zero-order valence-corrected chi connectivity index (χ0v) is 10.0. The normalized spacial score (nSPS) is 16.8. The van der Waals surface area contributed by atoms with Gasteiger partial charge in [-0.2, -0.15) is 0 Å². The summed E-state index contributed by atoms with van der Waals surface area (Å²) in [5.41, 5.74) is 0.388. The maximum atomic E-state index is 13.2. The van der Waals surface area contributed by atoms with Crippen molar-refractivity contribution in [2.75, 3.05) is 7.11 Å². The molecule has 1 fully saturated rings. The van der Waals surface area contributed by atoms with Gasteiger partial charge in [0, 0.05) is 5.92 Å². The van der Waals surface area contributed by atoms with E-state index in [9.17, 15) is 9.18 Å². The van der Waals surface area contributed by atoms with Gasteiger partial charge < -0.3 is 4.74 Å². The zero-order chi connectivity index (χ0) is 12.3. The average molecular weight is 236 g/mol. The fourth-order valence-electron chi connectivity index (χ4n) is 2.46. The van der Waals surface area contributed by atoms with E-state index in [1.807, 2.05) is 0 Å². The summed E-state index contributed by atoms with van der Waals surface area (Å²) >= 11 is 0. The Morgan fingerprint density at radius 1 is 1.29 bits per heavy atom. The SMILES string of the molecule is COc1ccc(F)cc1C(=O)C1CCCCC1. The van der Waals surface area contributed by atoms with Crippen LogP contribution < -0.4 is 4.74 Å². The number of hydrogen-bond donors (Lipinski definition) is 0. The smallest absolute Gasteiger partial charge is 0.169 e. The van der Waals surface area contributed by atoms with Gasteiger partial charge in [-0.1, -0.05) is 19.3 Å². The van der Waals surface area contributed by atoms with E-state index in [1.165, 1.54) is 31.7 Å². The molecule has 0 aliphatic heterocycles. The summed E-state index contributed by atoms with van der Waals surface area (Å²) in [6.45, 7) is 0. The van der Waals surface area contributed by atoms with Crippen LogP contribution in [0.5, 0.6) is 5.75 Å². The molecule has 1 aromatic rings. The molecule has 0 spiro atoms. The number of carbonyl (C=O) groups is 1. The molecule has 1 aromatic carbocycles. The second-order valence-electron chi connectivity index (χ2n) is 4.54. The molecule has 3 heteroatoms. The summed E-state index contributed by atoms with van der Waals surface area (Å²) in [5, 5.41) is 0. The molecular formula is C14H17FO2.